The van der Waals surface area contributed by atoms with Crippen LogP contribution < -0.4 is 10.5 Å². The summed E-state index contributed by atoms with van der Waals surface area (Å²) in [5.74, 6) is 0.797. The summed E-state index contributed by atoms with van der Waals surface area (Å²) in [5, 5.41) is -0.340. The summed E-state index contributed by atoms with van der Waals surface area (Å²) in [6.45, 7) is 1.94. The van der Waals surface area contributed by atoms with Gasteiger partial charge in [0.25, 0.3) is 0 Å². The fraction of sp³-hybridized carbons (Fsp3) is 0.412. The third kappa shape index (κ3) is 3.08. The van der Waals surface area contributed by atoms with E-state index in [9.17, 15) is 9.59 Å². The van der Waals surface area contributed by atoms with E-state index < -0.39 is 5.97 Å². The summed E-state index contributed by atoms with van der Waals surface area (Å²) in [6, 6.07) is 5.77. The van der Waals surface area contributed by atoms with Crippen molar-refractivity contribution in [3.63, 3.8) is 0 Å². The number of ether oxygens (including phenoxy) is 2. The maximum absolute atomic E-state index is 11.8. The Morgan fingerprint density at radius 1 is 1.39 bits per heavy atom. The number of rotatable bonds is 5. The number of esters is 1. The first-order chi connectivity index (χ1) is 11.1. The molecule has 1 heterocycles. The van der Waals surface area contributed by atoms with Gasteiger partial charge in [-0.25, -0.2) is 4.79 Å². The van der Waals surface area contributed by atoms with Gasteiger partial charge >= 0.3 is 5.97 Å². The molecule has 2 aliphatic rings. The van der Waals surface area contributed by atoms with Gasteiger partial charge in [-0.15, -0.1) is 11.8 Å². The number of amides is 1. The Kier molecular flexibility index (Phi) is 4.61. The summed E-state index contributed by atoms with van der Waals surface area (Å²) in [4.78, 5) is 23.4. The van der Waals surface area contributed by atoms with E-state index in [1.807, 2.05) is 18.2 Å². The van der Waals surface area contributed by atoms with Gasteiger partial charge in [-0.1, -0.05) is 17.7 Å². The van der Waals surface area contributed by atoms with E-state index in [4.69, 9.17) is 15.2 Å². The van der Waals surface area contributed by atoms with Crippen LogP contribution in [-0.2, 0) is 20.7 Å². The molecule has 0 spiro atoms. The quantitative estimate of drug-likeness (QED) is 0.833. The van der Waals surface area contributed by atoms with Gasteiger partial charge in [-0.05, 0) is 42.7 Å². The Morgan fingerprint density at radius 3 is 2.96 bits per heavy atom. The number of hydrogen-bond acceptors (Lipinski definition) is 5. The van der Waals surface area contributed by atoms with E-state index in [1.54, 1.807) is 18.7 Å². The number of benzene rings is 1. The number of fused-ring (bicyclic) bond motifs is 2. The molecule has 0 saturated carbocycles. The first kappa shape index (κ1) is 15.9. The highest BCUT2D eigenvalue weighted by atomic mass is 32.2. The van der Waals surface area contributed by atoms with Crippen LogP contribution in [0.2, 0.25) is 0 Å². The minimum absolute atomic E-state index is 0.138. The molecule has 23 heavy (non-hydrogen) atoms. The highest BCUT2D eigenvalue weighted by Crippen LogP contribution is 2.47. The van der Waals surface area contributed by atoms with Crippen molar-refractivity contribution < 1.29 is 19.1 Å². The number of hydrogen-bond donors (Lipinski definition) is 1. The fourth-order valence-electron chi connectivity index (χ4n) is 3.14. The number of allylic oxidation sites excluding steroid dienone is 1. The lowest BCUT2D eigenvalue weighted by Crippen LogP contribution is -2.29. The third-order valence-corrected chi connectivity index (χ3v) is 5.27. The smallest absolute Gasteiger partial charge is 0.344 e. The Morgan fingerprint density at radius 2 is 2.22 bits per heavy atom. The van der Waals surface area contributed by atoms with E-state index in [0.717, 1.165) is 35.3 Å². The highest BCUT2D eigenvalue weighted by molar-refractivity contribution is 8.01. The molecule has 5 nitrogen and oxygen atoms in total. The Hall–Kier alpha value is -1.95. The van der Waals surface area contributed by atoms with E-state index in [-0.39, 0.29) is 17.8 Å². The van der Waals surface area contributed by atoms with Crippen molar-refractivity contribution in [2.75, 3.05) is 19.0 Å². The lowest BCUT2D eigenvalue weighted by molar-refractivity contribution is -0.145. The van der Waals surface area contributed by atoms with Crippen LogP contribution in [0, 0.1) is 0 Å². The van der Waals surface area contributed by atoms with Crippen molar-refractivity contribution in [2.45, 2.75) is 25.0 Å². The van der Waals surface area contributed by atoms with E-state index in [1.165, 1.54) is 5.57 Å². The van der Waals surface area contributed by atoms with Crippen molar-refractivity contribution in [3.8, 4) is 5.75 Å². The largest absolute Gasteiger partial charge is 0.481 e. The van der Waals surface area contributed by atoms with Gasteiger partial charge in [0.2, 0.25) is 5.91 Å². The van der Waals surface area contributed by atoms with Gasteiger partial charge in [-0.3, -0.25) is 4.79 Å². The molecule has 1 aliphatic carbocycles. The van der Waals surface area contributed by atoms with Crippen molar-refractivity contribution in [3.05, 3.63) is 34.9 Å². The number of carbonyl (C=O) groups excluding carboxylic acids is 2. The van der Waals surface area contributed by atoms with Crippen LogP contribution in [0.4, 0.5) is 0 Å². The van der Waals surface area contributed by atoms with Crippen LogP contribution in [0.15, 0.2) is 23.8 Å². The topological polar surface area (TPSA) is 78.6 Å². The van der Waals surface area contributed by atoms with Gasteiger partial charge in [-0.2, -0.15) is 0 Å². The normalized spacial score (nSPS) is 19.1. The summed E-state index contributed by atoms with van der Waals surface area (Å²) >= 11 is 1.57. The maximum Gasteiger partial charge on any atom is 0.344 e. The summed E-state index contributed by atoms with van der Waals surface area (Å²) in [5.41, 5.74) is 9.89. The van der Waals surface area contributed by atoms with Gasteiger partial charge in [0.15, 0.2) is 6.61 Å². The first-order valence-corrected chi connectivity index (χ1v) is 8.70. The Balaban J connectivity index is 1.92. The Labute approximate surface area is 139 Å². The van der Waals surface area contributed by atoms with E-state index in [0.29, 0.717) is 12.4 Å². The number of thioether (sulfide) groups is 1. The van der Waals surface area contributed by atoms with Crippen LogP contribution in [0.25, 0.3) is 5.57 Å². The van der Waals surface area contributed by atoms with E-state index >= 15 is 0 Å². The molecule has 1 aromatic carbocycles. The van der Waals surface area contributed by atoms with Crippen molar-refractivity contribution in [1.29, 1.82) is 0 Å². The SMILES string of the molecule is CCOC(=O)COc1cccc2c1C1=C(CCSC1C(N)=O)C2. The predicted octanol–water partition coefficient (Wildman–Crippen LogP) is 1.93. The zero-order chi connectivity index (χ0) is 16.4. The second-order valence-corrected chi connectivity index (χ2v) is 6.69. The average Bonchev–Trinajstić information content (AvgIpc) is 2.92. The monoisotopic (exact) mass is 333 g/mol. The number of nitrogens with two attached hydrogens (primary N) is 1. The molecule has 0 radical (unpaired) electrons. The molecule has 1 aromatic rings. The van der Waals surface area contributed by atoms with Crippen LogP contribution in [0.1, 0.15) is 24.5 Å². The summed E-state index contributed by atoms with van der Waals surface area (Å²) in [6.07, 6.45) is 1.78. The highest BCUT2D eigenvalue weighted by Gasteiger charge is 2.36. The minimum atomic E-state index is -0.401. The number of carbonyl (C=O) groups is 2. The van der Waals surface area contributed by atoms with Gasteiger partial charge in [0.1, 0.15) is 11.0 Å². The lowest BCUT2D eigenvalue weighted by atomic mass is 9.99. The van der Waals surface area contributed by atoms with Crippen LogP contribution in [0.3, 0.4) is 0 Å². The Bertz CT molecular complexity index is 683. The maximum atomic E-state index is 11.8. The summed E-state index contributed by atoms with van der Waals surface area (Å²) in [7, 11) is 0. The standard InChI is InChI=1S/C17H19NO4S/c1-2-21-13(19)9-22-12-5-3-4-10-8-11-6-7-23-16(17(18)20)15(11)14(10)12/h3-5,16H,2,6-9H2,1H3,(H2,18,20). The van der Waals surface area contributed by atoms with Gasteiger partial charge < -0.3 is 15.2 Å². The van der Waals surface area contributed by atoms with Crippen LogP contribution >= 0.6 is 11.8 Å². The predicted molar refractivity (Wildman–Crippen MR) is 89.3 cm³/mol. The molecule has 1 unspecified atom stereocenters. The molecule has 0 saturated heterocycles. The minimum Gasteiger partial charge on any atom is -0.481 e. The van der Waals surface area contributed by atoms with E-state index in [2.05, 4.69) is 0 Å². The molecule has 6 heteroatoms. The molecular formula is C17H19NO4S. The molecule has 1 aliphatic heterocycles. The third-order valence-electron chi connectivity index (χ3n) is 4.03. The molecule has 1 atom stereocenters. The summed E-state index contributed by atoms with van der Waals surface area (Å²) < 4.78 is 10.6. The fourth-order valence-corrected chi connectivity index (χ4v) is 4.35. The zero-order valence-electron chi connectivity index (χ0n) is 13.0. The second-order valence-electron chi connectivity index (χ2n) is 5.48. The molecule has 0 bridgehead atoms. The van der Waals surface area contributed by atoms with Gasteiger partial charge in [0, 0.05) is 5.56 Å². The molecule has 1 amide bonds. The van der Waals surface area contributed by atoms with Crippen LogP contribution in [0.5, 0.6) is 5.75 Å². The molecule has 0 aromatic heterocycles. The molecular weight excluding hydrogens is 314 g/mol. The molecule has 3 rings (SSSR count). The molecule has 2 N–H and O–H groups in total. The zero-order valence-corrected chi connectivity index (χ0v) is 13.8. The van der Waals surface area contributed by atoms with Crippen molar-refractivity contribution in [2.24, 2.45) is 5.73 Å². The second kappa shape index (κ2) is 6.66. The van der Waals surface area contributed by atoms with Gasteiger partial charge in [0.05, 0.1) is 6.61 Å². The van der Waals surface area contributed by atoms with Crippen LogP contribution in [-0.4, -0.2) is 36.1 Å². The number of primary amides is 1. The molecule has 122 valence electrons. The lowest BCUT2D eigenvalue weighted by Gasteiger charge is -2.23. The first-order valence-electron chi connectivity index (χ1n) is 7.65. The van der Waals surface area contributed by atoms with Crippen molar-refractivity contribution in [1.82, 2.24) is 0 Å². The molecule has 0 fully saturated rings. The van der Waals surface area contributed by atoms with Crippen molar-refractivity contribution >= 4 is 29.2 Å². The average molecular weight is 333 g/mol.